The van der Waals surface area contributed by atoms with Gasteiger partial charge in [-0.2, -0.15) is 0 Å². The molecule has 0 spiro atoms. The lowest BCUT2D eigenvalue weighted by Gasteiger charge is -2.41. The van der Waals surface area contributed by atoms with Gasteiger partial charge in [-0.3, -0.25) is 0 Å². The van der Waals surface area contributed by atoms with Crippen LogP contribution < -0.4 is 5.32 Å². The monoisotopic (exact) mass is 209 g/mol. The number of nitrogens with one attached hydrogen (secondary N) is 1. The molecular weight excluding hydrogens is 182 g/mol. The van der Waals surface area contributed by atoms with Gasteiger partial charge in [-0.15, -0.1) is 0 Å². The summed E-state index contributed by atoms with van der Waals surface area (Å²) in [5.41, 5.74) is 0. The van der Waals surface area contributed by atoms with Crippen molar-refractivity contribution in [1.29, 1.82) is 0 Å². The first-order valence-corrected chi connectivity index (χ1v) is 6.92. The van der Waals surface area contributed by atoms with E-state index in [1.165, 1.54) is 38.6 Å². The van der Waals surface area contributed by atoms with Crippen molar-refractivity contribution in [1.82, 2.24) is 5.32 Å². The highest BCUT2D eigenvalue weighted by atomic mass is 14.9. The van der Waals surface area contributed by atoms with Crippen molar-refractivity contribution < 1.29 is 0 Å². The van der Waals surface area contributed by atoms with Crippen LogP contribution in [0.25, 0.3) is 0 Å². The molecule has 1 aliphatic carbocycles. The minimum absolute atomic E-state index is 0.827. The molecule has 2 fully saturated rings. The van der Waals surface area contributed by atoms with Gasteiger partial charge in [0, 0.05) is 6.04 Å². The molecule has 0 amide bonds. The average Bonchev–Trinajstić information content (AvgIpc) is 2.23. The Balaban J connectivity index is 1.92. The van der Waals surface area contributed by atoms with Crippen molar-refractivity contribution in [2.75, 3.05) is 6.54 Å². The normalized spacial score (nSPS) is 47.8. The number of rotatable bonds is 1. The predicted molar refractivity (Wildman–Crippen MR) is 65.9 cm³/mol. The summed E-state index contributed by atoms with van der Waals surface area (Å²) in [6, 6.07) is 0.827. The summed E-state index contributed by atoms with van der Waals surface area (Å²) in [4.78, 5) is 0. The number of hydrogen-bond donors (Lipinski definition) is 1. The second kappa shape index (κ2) is 4.86. The van der Waals surface area contributed by atoms with E-state index in [0.29, 0.717) is 0 Å². The average molecular weight is 209 g/mol. The standard InChI is InChI=1S/C14H27N/c1-10-6-7-13(9-12(10)3)14-11(2)5-4-8-15-14/h10-15H,4-9H2,1-3H3. The molecular formula is C14H27N. The Bertz CT molecular complexity index is 202. The van der Waals surface area contributed by atoms with Crippen molar-refractivity contribution in [3.05, 3.63) is 0 Å². The minimum Gasteiger partial charge on any atom is -0.313 e. The molecule has 0 aromatic heterocycles. The molecule has 5 atom stereocenters. The highest BCUT2D eigenvalue weighted by Crippen LogP contribution is 2.38. The van der Waals surface area contributed by atoms with Gasteiger partial charge in [-0.1, -0.05) is 27.2 Å². The summed E-state index contributed by atoms with van der Waals surface area (Å²) in [6.45, 7) is 8.58. The van der Waals surface area contributed by atoms with E-state index in [2.05, 4.69) is 26.1 Å². The first kappa shape index (κ1) is 11.4. The SMILES string of the molecule is CC1CCC(C2NCCCC2C)CC1C. The zero-order chi connectivity index (χ0) is 10.8. The zero-order valence-corrected chi connectivity index (χ0v) is 10.6. The van der Waals surface area contributed by atoms with Crippen LogP contribution >= 0.6 is 0 Å². The molecule has 1 heterocycles. The van der Waals surface area contributed by atoms with Crippen LogP contribution in [0.5, 0.6) is 0 Å². The molecule has 1 N–H and O–H groups in total. The smallest absolute Gasteiger partial charge is 0.0121 e. The fourth-order valence-electron chi connectivity index (χ4n) is 3.62. The highest BCUT2D eigenvalue weighted by Gasteiger charge is 2.33. The van der Waals surface area contributed by atoms with Gasteiger partial charge in [-0.25, -0.2) is 0 Å². The van der Waals surface area contributed by atoms with E-state index >= 15 is 0 Å². The summed E-state index contributed by atoms with van der Waals surface area (Å²) >= 11 is 0. The van der Waals surface area contributed by atoms with Crippen LogP contribution in [0.1, 0.15) is 52.9 Å². The van der Waals surface area contributed by atoms with Crippen LogP contribution in [0.2, 0.25) is 0 Å². The fourth-order valence-corrected chi connectivity index (χ4v) is 3.62. The molecule has 5 unspecified atom stereocenters. The van der Waals surface area contributed by atoms with E-state index in [9.17, 15) is 0 Å². The summed E-state index contributed by atoms with van der Waals surface area (Å²) in [7, 11) is 0. The lowest BCUT2D eigenvalue weighted by atomic mass is 9.70. The van der Waals surface area contributed by atoms with E-state index < -0.39 is 0 Å². The maximum Gasteiger partial charge on any atom is 0.0121 e. The Hall–Kier alpha value is -0.0400. The van der Waals surface area contributed by atoms with E-state index in [1.54, 1.807) is 0 Å². The molecule has 2 rings (SSSR count). The molecule has 1 aliphatic heterocycles. The van der Waals surface area contributed by atoms with E-state index in [0.717, 1.165) is 29.7 Å². The Labute approximate surface area is 95.0 Å². The number of hydrogen-bond acceptors (Lipinski definition) is 1. The van der Waals surface area contributed by atoms with Crippen molar-refractivity contribution in [3.8, 4) is 0 Å². The van der Waals surface area contributed by atoms with Gasteiger partial charge in [0.15, 0.2) is 0 Å². The second-order valence-electron chi connectivity index (χ2n) is 6.13. The van der Waals surface area contributed by atoms with Crippen LogP contribution in [-0.2, 0) is 0 Å². The first-order valence-electron chi connectivity index (χ1n) is 6.92. The topological polar surface area (TPSA) is 12.0 Å². The van der Waals surface area contributed by atoms with Crippen LogP contribution in [-0.4, -0.2) is 12.6 Å². The molecule has 0 bridgehead atoms. The van der Waals surface area contributed by atoms with Crippen LogP contribution in [0.15, 0.2) is 0 Å². The molecule has 88 valence electrons. The molecule has 1 nitrogen and oxygen atoms in total. The zero-order valence-electron chi connectivity index (χ0n) is 10.6. The summed E-state index contributed by atoms with van der Waals surface area (Å²) in [5.74, 6) is 3.77. The van der Waals surface area contributed by atoms with E-state index in [1.807, 2.05) is 0 Å². The highest BCUT2D eigenvalue weighted by molar-refractivity contribution is 4.88. The van der Waals surface area contributed by atoms with Gasteiger partial charge in [-0.05, 0) is 55.9 Å². The van der Waals surface area contributed by atoms with Crippen molar-refractivity contribution in [2.24, 2.45) is 23.7 Å². The van der Waals surface area contributed by atoms with Crippen molar-refractivity contribution in [2.45, 2.75) is 58.9 Å². The van der Waals surface area contributed by atoms with Gasteiger partial charge in [0.25, 0.3) is 0 Å². The molecule has 0 aromatic carbocycles. The maximum absolute atomic E-state index is 3.77. The summed E-state index contributed by atoms with van der Waals surface area (Å²) < 4.78 is 0. The van der Waals surface area contributed by atoms with Crippen LogP contribution in [0.3, 0.4) is 0 Å². The molecule has 0 aromatic rings. The van der Waals surface area contributed by atoms with Gasteiger partial charge in [0.2, 0.25) is 0 Å². The van der Waals surface area contributed by atoms with E-state index in [-0.39, 0.29) is 0 Å². The third-order valence-corrected chi connectivity index (χ3v) is 4.98. The molecule has 1 saturated heterocycles. The second-order valence-corrected chi connectivity index (χ2v) is 6.13. The largest absolute Gasteiger partial charge is 0.313 e. The quantitative estimate of drug-likeness (QED) is 0.697. The summed E-state index contributed by atoms with van der Waals surface area (Å²) in [6.07, 6.45) is 7.21. The van der Waals surface area contributed by atoms with Gasteiger partial charge in [0.05, 0.1) is 0 Å². The Kier molecular flexibility index (Phi) is 3.71. The van der Waals surface area contributed by atoms with Gasteiger partial charge >= 0.3 is 0 Å². The molecule has 1 heteroatoms. The lowest BCUT2D eigenvalue weighted by molar-refractivity contribution is 0.128. The summed E-state index contributed by atoms with van der Waals surface area (Å²) in [5, 5.41) is 3.77. The molecule has 1 saturated carbocycles. The molecule has 15 heavy (non-hydrogen) atoms. The Morgan fingerprint density at radius 3 is 2.33 bits per heavy atom. The van der Waals surface area contributed by atoms with Crippen molar-refractivity contribution in [3.63, 3.8) is 0 Å². The molecule has 0 radical (unpaired) electrons. The van der Waals surface area contributed by atoms with Crippen molar-refractivity contribution >= 4 is 0 Å². The Morgan fingerprint density at radius 1 is 0.867 bits per heavy atom. The predicted octanol–water partition coefficient (Wildman–Crippen LogP) is 3.45. The van der Waals surface area contributed by atoms with E-state index in [4.69, 9.17) is 0 Å². The minimum atomic E-state index is 0.827. The number of piperidine rings is 1. The first-order chi connectivity index (χ1) is 7.18. The van der Waals surface area contributed by atoms with Crippen LogP contribution in [0, 0.1) is 23.7 Å². The maximum atomic E-state index is 3.77. The van der Waals surface area contributed by atoms with Crippen LogP contribution in [0.4, 0.5) is 0 Å². The third-order valence-electron chi connectivity index (χ3n) is 4.98. The van der Waals surface area contributed by atoms with Gasteiger partial charge < -0.3 is 5.32 Å². The fraction of sp³-hybridized carbons (Fsp3) is 1.00. The molecule has 2 aliphatic rings. The van der Waals surface area contributed by atoms with Gasteiger partial charge in [0.1, 0.15) is 0 Å². The lowest BCUT2D eigenvalue weighted by Crippen LogP contribution is -2.47. The Morgan fingerprint density at radius 2 is 1.67 bits per heavy atom. The third kappa shape index (κ3) is 2.55.